The maximum absolute atomic E-state index is 13.6. The van der Waals surface area contributed by atoms with E-state index >= 15 is 0 Å². The van der Waals surface area contributed by atoms with Gasteiger partial charge in [-0.05, 0) is 36.8 Å². The standard InChI is InChI=1S/C18H18FN3O2S2/c1-2-15-8-10-18(25-15)26(23,24)22-17-9-7-14(12-21-17)20-11-13-5-3-4-6-16(13)19/h3-10,12,20H,2,11H2,1H3,(H,21,22). The van der Waals surface area contributed by atoms with E-state index in [0.717, 1.165) is 11.3 Å². The third kappa shape index (κ3) is 4.39. The van der Waals surface area contributed by atoms with E-state index in [0.29, 0.717) is 17.8 Å². The van der Waals surface area contributed by atoms with Gasteiger partial charge in [0.1, 0.15) is 15.8 Å². The zero-order valence-electron chi connectivity index (χ0n) is 14.1. The van der Waals surface area contributed by atoms with E-state index in [1.54, 1.807) is 36.4 Å². The smallest absolute Gasteiger partial charge is 0.272 e. The maximum Gasteiger partial charge on any atom is 0.272 e. The van der Waals surface area contributed by atoms with E-state index in [2.05, 4.69) is 15.0 Å². The van der Waals surface area contributed by atoms with Crippen molar-refractivity contribution in [3.8, 4) is 0 Å². The first-order chi connectivity index (χ1) is 12.5. The summed E-state index contributed by atoms with van der Waals surface area (Å²) in [5.41, 5.74) is 1.21. The molecule has 1 aromatic carbocycles. The molecule has 2 N–H and O–H groups in total. The molecule has 0 aliphatic carbocycles. The van der Waals surface area contributed by atoms with E-state index in [-0.39, 0.29) is 15.8 Å². The van der Waals surface area contributed by atoms with Gasteiger partial charge in [0, 0.05) is 17.0 Å². The Kier molecular flexibility index (Phi) is 5.53. The molecule has 3 aromatic rings. The summed E-state index contributed by atoms with van der Waals surface area (Å²) in [6.45, 7) is 2.29. The van der Waals surface area contributed by atoms with E-state index < -0.39 is 10.0 Å². The van der Waals surface area contributed by atoms with Crippen molar-refractivity contribution in [3.63, 3.8) is 0 Å². The Morgan fingerprint density at radius 1 is 1.12 bits per heavy atom. The molecule has 2 aromatic heterocycles. The highest BCUT2D eigenvalue weighted by Crippen LogP contribution is 2.24. The lowest BCUT2D eigenvalue weighted by molar-refractivity contribution is 0.603. The third-order valence-corrected chi connectivity index (χ3v) is 6.77. The summed E-state index contributed by atoms with van der Waals surface area (Å²) in [6.07, 6.45) is 2.30. The number of hydrogen-bond acceptors (Lipinski definition) is 5. The first-order valence-corrected chi connectivity index (χ1v) is 10.3. The van der Waals surface area contributed by atoms with Crippen molar-refractivity contribution in [2.24, 2.45) is 0 Å². The molecule has 0 aliphatic heterocycles. The predicted molar refractivity (Wildman–Crippen MR) is 102 cm³/mol. The van der Waals surface area contributed by atoms with E-state index in [4.69, 9.17) is 0 Å². The molecule has 8 heteroatoms. The van der Waals surface area contributed by atoms with Gasteiger partial charge in [-0.3, -0.25) is 4.72 Å². The average Bonchev–Trinajstić information content (AvgIpc) is 3.12. The molecule has 136 valence electrons. The van der Waals surface area contributed by atoms with Gasteiger partial charge in [-0.15, -0.1) is 11.3 Å². The SMILES string of the molecule is CCc1ccc(S(=O)(=O)Nc2ccc(NCc3ccccc3F)cn2)s1. The van der Waals surface area contributed by atoms with Gasteiger partial charge in [-0.25, -0.2) is 17.8 Å². The number of rotatable bonds is 7. The molecule has 0 aliphatic rings. The van der Waals surface area contributed by atoms with Crippen LogP contribution in [0.5, 0.6) is 0 Å². The van der Waals surface area contributed by atoms with Gasteiger partial charge in [0.15, 0.2) is 0 Å². The fourth-order valence-electron chi connectivity index (χ4n) is 2.28. The second-order valence-electron chi connectivity index (χ2n) is 5.56. The van der Waals surface area contributed by atoms with Gasteiger partial charge in [-0.1, -0.05) is 25.1 Å². The van der Waals surface area contributed by atoms with Gasteiger partial charge in [0.25, 0.3) is 10.0 Å². The number of pyridine rings is 1. The number of nitrogens with zero attached hydrogens (tertiary/aromatic N) is 1. The first kappa shape index (κ1) is 18.3. The number of halogens is 1. The number of hydrogen-bond donors (Lipinski definition) is 2. The Morgan fingerprint density at radius 3 is 2.58 bits per heavy atom. The summed E-state index contributed by atoms with van der Waals surface area (Å²) < 4.78 is 41.1. The van der Waals surface area contributed by atoms with Gasteiger partial charge in [0.05, 0.1) is 11.9 Å². The minimum Gasteiger partial charge on any atom is -0.380 e. The van der Waals surface area contributed by atoms with Crippen LogP contribution < -0.4 is 10.0 Å². The maximum atomic E-state index is 13.6. The van der Waals surface area contributed by atoms with Crippen molar-refractivity contribution >= 4 is 32.9 Å². The molecule has 2 heterocycles. The minimum atomic E-state index is -3.64. The van der Waals surface area contributed by atoms with E-state index in [9.17, 15) is 12.8 Å². The fourth-order valence-corrected chi connectivity index (χ4v) is 4.58. The third-order valence-electron chi connectivity index (χ3n) is 3.69. The largest absolute Gasteiger partial charge is 0.380 e. The number of anilines is 2. The lowest BCUT2D eigenvalue weighted by Crippen LogP contribution is -2.12. The van der Waals surface area contributed by atoms with Crippen molar-refractivity contribution in [3.05, 3.63) is 71.0 Å². The number of thiophene rings is 1. The molecule has 0 atom stereocenters. The highest BCUT2D eigenvalue weighted by atomic mass is 32.2. The molecule has 5 nitrogen and oxygen atoms in total. The first-order valence-electron chi connectivity index (χ1n) is 8.03. The fraction of sp³-hybridized carbons (Fsp3) is 0.167. The van der Waals surface area contributed by atoms with Crippen molar-refractivity contribution < 1.29 is 12.8 Å². The molecule has 26 heavy (non-hydrogen) atoms. The topological polar surface area (TPSA) is 71.1 Å². The minimum absolute atomic E-state index is 0.230. The summed E-state index contributed by atoms with van der Waals surface area (Å²) in [7, 11) is -3.64. The Labute approximate surface area is 156 Å². The normalized spacial score (nSPS) is 11.3. The Morgan fingerprint density at radius 2 is 1.92 bits per heavy atom. The number of benzene rings is 1. The van der Waals surface area contributed by atoms with Gasteiger partial charge >= 0.3 is 0 Å². The highest BCUT2D eigenvalue weighted by Gasteiger charge is 2.17. The summed E-state index contributed by atoms with van der Waals surface area (Å²) in [5, 5.41) is 3.06. The molecule has 0 amide bonds. The molecule has 0 unspecified atom stereocenters. The number of sulfonamides is 1. The molecule has 0 saturated carbocycles. The summed E-state index contributed by atoms with van der Waals surface area (Å²) in [4.78, 5) is 5.11. The van der Waals surface area contributed by atoms with Crippen LogP contribution in [-0.2, 0) is 23.0 Å². The number of nitrogens with one attached hydrogen (secondary N) is 2. The highest BCUT2D eigenvalue weighted by molar-refractivity contribution is 7.94. The van der Waals surface area contributed by atoms with Crippen LogP contribution in [0.3, 0.4) is 0 Å². The lowest BCUT2D eigenvalue weighted by Gasteiger charge is -2.09. The molecule has 0 spiro atoms. The Balaban J connectivity index is 1.65. The van der Waals surface area contributed by atoms with Crippen molar-refractivity contribution in [2.45, 2.75) is 24.1 Å². The van der Waals surface area contributed by atoms with Crippen LogP contribution in [0.1, 0.15) is 17.4 Å². The van der Waals surface area contributed by atoms with E-state index in [1.165, 1.54) is 23.6 Å². The van der Waals surface area contributed by atoms with Gasteiger partial charge < -0.3 is 5.32 Å². The van der Waals surface area contributed by atoms with Crippen LogP contribution in [0, 0.1) is 5.82 Å². The zero-order chi connectivity index (χ0) is 18.6. The zero-order valence-corrected chi connectivity index (χ0v) is 15.7. The Bertz CT molecular complexity index is 986. The molecule has 0 fully saturated rings. The summed E-state index contributed by atoms with van der Waals surface area (Å²) in [6, 6.07) is 13.2. The molecule has 0 radical (unpaired) electrons. The summed E-state index contributed by atoms with van der Waals surface area (Å²) >= 11 is 1.24. The quantitative estimate of drug-likeness (QED) is 0.631. The number of aromatic nitrogens is 1. The van der Waals surface area contributed by atoms with Crippen LogP contribution in [0.4, 0.5) is 15.9 Å². The van der Waals surface area contributed by atoms with Crippen LogP contribution >= 0.6 is 11.3 Å². The summed E-state index contributed by atoms with van der Waals surface area (Å²) in [5.74, 6) is -0.0485. The second kappa shape index (κ2) is 7.84. The van der Waals surface area contributed by atoms with Gasteiger partial charge in [0.2, 0.25) is 0 Å². The number of aryl methyl sites for hydroxylation is 1. The van der Waals surface area contributed by atoms with Crippen LogP contribution in [-0.4, -0.2) is 13.4 Å². The van der Waals surface area contributed by atoms with Crippen molar-refractivity contribution in [1.29, 1.82) is 0 Å². The molecular formula is C18H18FN3O2S2. The monoisotopic (exact) mass is 391 g/mol. The predicted octanol–water partition coefficient (Wildman–Crippen LogP) is 4.26. The van der Waals surface area contributed by atoms with Gasteiger partial charge in [-0.2, -0.15) is 0 Å². The molecule has 0 bridgehead atoms. The molecule has 3 rings (SSSR count). The average molecular weight is 391 g/mol. The second-order valence-corrected chi connectivity index (χ2v) is 8.63. The van der Waals surface area contributed by atoms with Crippen LogP contribution in [0.25, 0.3) is 0 Å². The lowest BCUT2D eigenvalue weighted by atomic mass is 10.2. The van der Waals surface area contributed by atoms with Crippen LogP contribution in [0.2, 0.25) is 0 Å². The van der Waals surface area contributed by atoms with Crippen LogP contribution in [0.15, 0.2) is 58.9 Å². The molecular weight excluding hydrogens is 373 g/mol. The van der Waals surface area contributed by atoms with Crippen molar-refractivity contribution in [2.75, 3.05) is 10.0 Å². The Hall–Kier alpha value is -2.45. The molecule has 0 saturated heterocycles. The van der Waals surface area contributed by atoms with E-state index in [1.807, 2.05) is 13.0 Å². The van der Waals surface area contributed by atoms with Crippen molar-refractivity contribution in [1.82, 2.24) is 4.98 Å².